The van der Waals surface area contributed by atoms with Gasteiger partial charge in [0.2, 0.25) is 0 Å². The molecule has 0 saturated carbocycles. The van der Waals surface area contributed by atoms with E-state index in [1.807, 2.05) is 72.8 Å². The minimum Gasteiger partial charge on any atom is -0.522 e. The Morgan fingerprint density at radius 1 is 0.810 bits per heavy atom. The van der Waals surface area contributed by atoms with Gasteiger partial charge in [0.15, 0.2) is 0 Å². The number of pyridine rings is 1. The van der Waals surface area contributed by atoms with Crippen molar-refractivity contribution in [3.05, 3.63) is 145 Å². The topological polar surface area (TPSA) is 30.9 Å². The van der Waals surface area contributed by atoms with Crippen LogP contribution >= 0.6 is 0 Å². The van der Waals surface area contributed by atoms with E-state index in [0.717, 1.165) is 55.9 Å². The average Bonchev–Trinajstić information content (AvgIpc) is 3.43. The molecule has 0 spiro atoms. The number of rotatable bonds is 3. The number of imidazole rings is 1. The van der Waals surface area contributed by atoms with Crippen molar-refractivity contribution in [3.8, 4) is 34.1 Å². The molecule has 42 heavy (non-hydrogen) atoms. The molecular weight excluding hydrogens is 695 g/mol. The van der Waals surface area contributed by atoms with E-state index in [-0.39, 0.29) is 20.1 Å². The van der Waals surface area contributed by atoms with Gasteiger partial charge in [-0.25, -0.2) is 0 Å². The van der Waals surface area contributed by atoms with Crippen LogP contribution in [0.1, 0.15) is 25.3 Å². The zero-order valence-electron chi connectivity index (χ0n) is 23.2. The number of para-hydroxylation sites is 1. The number of benzene rings is 5. The van der Waals surface area contributed by atoms with Crippen LogP contribution in [-0.4, -0.2) is 9.55 Å². The van der Waals surface area contributed by atoms with Crippen molar-refractivity contribution in [1.29, 1.82) is 0 Å². The molecule has 0 bridgehead atoms. The summed E-state index contributed by atoms with van der Waals surface area (Å²) in [4.78, 5) is 4.22. The summed E-state index contributed by atoms with van der Waals surface area (Å²) in [6.45, 7) is 4.42. The van der Waals surface area contributed by atoms with Crippen molar-refractivity contribution < 1.29 is 29.4 Å². The van der Waals surface area contributed by atoms with Crippen LogP contribution in [0.15, 0.2) is 121 Å². The average molecular weight is 722 g/mol. The van der Waals surface area contributed by atoms with E-state index in [1.165, 1.54) is 5.56 Å². The molecule has 2 aromatic heterocycles. The molecule has 0 amide bonds. The Morgan fingerprint density at radius 3 is 2.38 bits per heavy atom. The van der Waals surface area contributed by atoms with Gasteiger partial charge in [-0.2, -0.15) is 12.1 Å². The summed E-state index contributed by atoms with van der Waals surface area (Å²) in [5.74, 6) is 2.18. The van der Waals surface area contributed by atoms with E-state index < -0.39 is 0 Å². The van der Waals surface area contributed by atoms with E-state index in [0.29, 0.717) is 5.92 Å². The second kappa shape index (κ2) is 11.7. The molecule has 5 aromatic carbocycles. The summed E-state index contributed by atoms with van der Waals surface area (Å²) in [6, 6.07) is 45.4. The number of aromatic nitrogens is 3. The maximum atomic E-state index is 6.38. The first-order valence-electron chi connectivity index (χ1n) is 13.8. The summed E-state index contributed by atoms with van der Waals surface area (Å²) in [7, 11) is 0. The third-order valence-corrected chi connectivity index (χ3v) is 7.33. The minimum atomic E-state index is 0. The molecule has 0 fully saturated rings. The van der Waals surface area contributed by atoms with Crippen LogP contribution in [-0.2, 0) is 20.1 Å². The van der Waals surface area contributed by atoms with Crippen molar-refractivity contribution >= 4 is 21.8 Å². The summed E-state index contributed by atoms with van der Waals surface area (Å²) in [5, 5.41) is 2.20. The molecule has 0 N–H and O–H groups in total. The summed E-state index contributed by atoms with van der Waals surface area (Å²) < 4.78 is 10.6. The molecule has 1 aliphatic rings. The number of ether oxygens (including phenoxy) is 1. The molecule has 8 rings (SSSR count). The summed E-state index contributed by atoms with van der Waals surface area (Å²) in [6.07, 6.45) is 5.33. The molecule has 0 saturated heterocycles. The summed E-state index contributed by atoms with van der Waals surface area (Å²) >= 11 is 0. The van der Waals surface area contributed by atoms with Crippen LogP contribution < -0.4 is 9.30 Å². The van der Waals surface area contributed by atoms with Gasteiger partial charge in [-0.1, -0.05) is 73.8 Å². The maximum absolute atomic E-state index is 6.38. The Morgan fingerprint density at radius 2 is 1.62 bits per heavy atom. The van der Waals surface area contributed by atoms with Gasteiger partial charge >= 0.3 is 20.1 Å². The Balaban J connectivity index is 0.000000205. The van der Waals surface area contributed by atoms with Crippen molar-refractivity contribution in [1.82, 2.24) is 9.55 Å². The molecule has 0 aliphatic carbocycles. The second-order valence-electron chi connectivity index (χ2n) is 10.3. The normalized spacial score (nSPS) is 11.3. The molecule has 204 valence electrons. The van der Waals surface area contributed by atoms with E-state index in [2.05, 4.69) is 88.9 Å². The van der Waals surface area contributed by atoms with Crippen molar-refractivity contribution in [2.45, 2.75) is 19.8 Å². The van der Waals surface area contributed by atoms with Crippen molar-refractivity contribution in [2.75, 3.05) is 0 Å². The predicted octanol–water partition coefficient (Wildman–Crippen LogP) is 8.44. The first-order chi connectivity index (χ1) is 20.2. The maximum Gasteiger partial charge on any atom is 3.00 e. The van der Waals surface area contributed by atoms with Crippen LogP contribution in [0.5, 0.6) is 11.5 Å². The molecular formula is C37H27IrN3O+. The van der Waals surface area contributed by atoms with Gasteiger partial charge in [0, 0.05) is 11.9 Å². The Labute approximate surface area is 259 Å². The number of nitrogens with zero attached hydrogens (tertiary/aromatic N) is 3. The zero-order valence-corrected chi connectivity index (χ0v) is 25.6. The molecule has 4 nitrogen and oxygen atoms in total. The van der Waals surface area contributed by atoms with Crippen LogP contribution in [0.3, 0.4) is 0 Å². The smallest absolute Gasteiger partial charge is 0.522 e. The zero-order chi connectivity index (χ0) is 27.8. The quantitative estimate of drug-likeness (QED) is 0.136. The number of fused-ring (bicyclic) bond motifs is 4. The first kappa shape index (κ1) is 27.6. The number of hydrogen-bond acceptors (Lipinski definition) is 2. The van der Waals surface area contributed by atoms with E-state index in [9.17, 15) is 0 Å². The van der Waals surface area contributed by atoms with Gasteiger partial charge < -0.3 is 14.3 Å². The Kier molecular flexibility index (Phi) is 7.71. The van der Waals surface area contributed by atoms with Crippen molar-refractivity contribution in [3.63, 3.8) is 0 Å². The monoisotopic (exact) mass is 722 g/mol. The van der Waals surface area contributed by atoms with Gasteiger partial charge in [0.05, 0.1) is 11.2 Å². The van der Waals surface area contributed by atoms with Gasteiger partial charge in [0.1, 0.15) is 11.3 Å². The molecule has 3 heterocycles. The Hall–Kier alpha value is -4.57. The molecule has 0 radical (unpaired) electrons. The predicted molar refractivity (Wildman–Crippen MR) is 163 cm³/mol. The fourth-order valence-corrected chi connectivity index (χ4v) is 5.19. The summed E-state index contributed by atoms with van der Waals surface area (Å²) in [5.41, 5.74) is 7.39. The van der Waals surface area contributed by atoms with E-state index in [1.54, 1.807) is 6.20 Å². The second-order valence-corrected chi connectivity index (χ2v) is 10.3. The number of hydrogen-bond donors (Lipinski definition) is 0. The van der Waals surface area contributed by atoms with Crippen LogP contribution in [0.25, 0.3) is 44.4 Å². The SMILES string of the molecule is CC(C)c1ccc(-n2[c-][n+]3c4c(cccc42)Oc2c-3[c-]cc3ccccc23)cc1.[Ir+3].[c-]1ccccc1-c1ccccn1. The molecule has 5 heteroatoms. The Bertz CT molecular complexity index is 1940. The van der Waals surface area contributed by atoms with E-state index in [4.69, 9.17) is 4.74 Å². The van der Waals surface area contributed by atoms with Gasteiger partial charge in [-0.05, 0) is 47.1 Å². The van der Waals surface area contributed by atoms with Crippen LogP contribution in [0.4, 0.5) is 0 Å². The third kappa shape index (κ3) is 5.02. The third-order valence-electron chi connectivity index (χ3n) is 7.33. The van der Waals surface area contributed by atoms with Crippen LogP contribution in [0.2, 0.25) is 0 Å². The minimum absolute atomic E-state index is 0. The molecule has 7 aromatic rings. The standard InChI is InChI=1S/C26H19N2O.C11H8N.Ir/c1-17(2)18-10-13-20(14-11-18)27-16-28-23-15-12-19-6-3-4-7-21(19)26(23)29-24-9-5-8-22(27)25(24)28;1-2-6-10(7-3-1)11-8-4-5-9-12-11;/h3-14,17H,1-2H3;1-6,8-9H;/q2*-1;+3. The fraction of sp³-hybridized carbons (Fsp3) is 0.0811. The fourth-order valence-electron chi connectivity index (χ4n) is 5.19. The van der Waals surface area contributed by atoms with Gasteiger partial charge in [-0.3, -0.25) is 4.57 Å². The van der Waals surface area contributed by atoms with E-state index >= 15 is 0 Å². The van der Waals surface area contributed by atoms with Crippen LogP contribution in [0, 0.1) is 18.5 Å². The molecule has 0 atom stereocenters. The molecule has 0 unspecified atom stereocenters. The van der Waals surface area contributed by atoms with Gasteiger partial charge in [0.25, 0.3) is 6.33 Å². The largest absolute Gasteiger partial charge is 3.00 e. The van der Waals surface area contributed by atoms with Crippen molar-refractivity contribution in [2.24, 2.45) is 0 Å². The first-order valence-corrected chi connectivity index (χ1v) is 13.8. The molecule has 1 aliphatic heterocycles. The van der Waals surface area contributed by atoms with Gasteiger partial charge in [-0.15, -0.1) is 47.3 Å².